The molecular weight excluding hydrogens is 226 g/mol. The van der Waals surface area contributed by atoms with Crippen LogP contribution in [0.1, 0.15) is 12.1 Å². The van der Waals surface area contributed by atoms with E-state index in [4.69, 9.17) is 0 Å². The van der Waals surface area contributed by atoms with E-state index in [2.05, 4.69) is 15.6 Å². The number of hydrogen-bond donors (Lipinski definition) is 3. The molecule has 0 aromatic carbocycles. The van der Waals surface area contributed by atoms with Crippen LogP contribution in [-0.2, 0) is 11.2 Å². The van der Waals surface area contributed by atoms with E-state index in [0.717, 1.165) is 12.1 Å². The topological polar surface area (TPSA) is 74.2 Å². The van der Waals surface area contributed by atoms with E-state index in [-0.39, 0.29) is 11.9 Å². The summed E-state index contributed by atoms with van der Waals surface area (Å²) in [4.78, 5) is 15.8. The van der Waals surface area contributed by atoms with Gasteiger partial charge in [0.1, 0.15) is 0 Å². The molecule has 3 N–H and O–H groups in total. The highest BCUT2D eigenvalue weighted by Gasteiger charge is 2.27. The number of carbonyl (C=O) groups excluding carboxylic acids is 1. The summed E-state index contributed by atoms with van der Waals surface area (Å²) in [6.45, 7) is 1.10. The summed E-state index contributed by atoms with van der Waals surface area (Å²) in [6, 6.07) is -0.245. The fraction of sp³-hybridized carbons (Fsp3) is 0.600. The van der Waals surface area contributed by atoms with Gasteiger partial charge in [-0.25, -0.2) is 4.98 Å². The first-order chi connectivity index (χ1) is 7.75. The zero-order valence-corrected chi connectivity index (χ0v) is 9.67. The number of carbonyl (C=O) groups is 1. The van der Waals surface area contributed by atoms with Gasteiger partial charge in [-0.1, -0.05) is 0 Å². The predicted molar refractivity (Wildman–Crippen MR) is 61.2 cm³/mol. The molecule has 1 aliphatic rings. The number of hydrogen-bond acceptors (Lipinski definition) is 5. The van der Waals surface area contributed by atoms with Crippen molar-refractivity contribution in [1.29, 1.82) is 0 Å². The van der Waals surface area contributed by atoms with Gasteiger partial charge in [-0.3, -0.25) is 4.79 Å². The molecule has 0 spiro atoms. The lowest BCUT2D eigenvalue weighted by molar-refractivity contribution is -0.122. The first-order valence-corrected chi connectivity index (χ1v) is 6.26. The first-order valence-electron chi connectivity index (χ1n) is 5.32. The van der Waals surface area contributed by atoms with Crippen molar-refractivity contribution in [2.75, 3.05) is 13.1 Å². The van der Waals surface area contributed by atoms with Crippen molar-refractivity contribution in [2.45, 2.75) is 25.0 Å². The Morgan fingerprint density at radius 2 is 2.62 bits per heavy atom. The predicted octanol–water partition coefficient (Wildman–Crippen LogP) is -0.475. The number of amides is 1. The summed E-state index contributed by atoms with van der Waals surface area (Å²) in [5.41, 5.74) is 2.79. The minimum atomic E-state index is -0.394. The molecule has 1 amide bonds. The van der Waals surface area contributed by atoms with Gasteiger partial charge in [0.2, 0.25) is 5.91 Å². The van der Waals surface area contributed by atoms with Crippen LogP contribution >= 0.6 is 11.3 Å². The fourth-order valence-electron chi connectivity index (χ4n) is 1.71. The van der Waals surface area contributed by atoms with E-state index < -0.39 is 6.10 Å². The molecule has 1 saturated heterocycles. The monoisotopic (exact) mass is 241 g/mol. The molecule has 16 heavy (non-hydrogen) atoms. The second kappa shape index (κ2) is 5.38. The van der Waals surface area contributed by atoms with Crippen LogP contribution < -0.4 is 10.6 Å². The van der Waals surface area contributed by atoms with Crippen molar-refractivity contribution in [1.82, 2.24) is 15.6 Å². The van der Waals surface area contributed by atoms with E-state index in [1.54, 1.807) is 16.8 Å². The Labute approximate surface area is 97.9 Å². The summed E-state index contributed by atoms with van der Waals surface area (Å²) >= 11 is 1.55. The molecule has 5 nitrogen and oxygen atoms in total. The fourth-order valence-corrected chi connectivity index (χ4v) is 2.31. The quantitative estimate of drug-likeness (QED) is 0.666. The van der Waals surface area contributed by atoms with E-state index in [0.29, 0.717) is 19.5 Å². The number of thiazole rings is 1. The SMILES string of the molecule is O=C(NCCc1cscn1)C1CC(O)CN1. The van der Waals surface area contributed by atoms with Gasteiger partial charge in [0, 0.05) is 24.9 Å². The molecular formula is C10H15N3O2S. The van der Waals surface area contributed by atoms with E-state index >= 15 is 0 Å². The Bertz CT molecular complexity index is 342. The molecule has 2 heterocycles. The summed E-state index contributed by atoms with van der Waals surface area (Å²) in [5.74, 6) is -0.0354. The minimum absolute atomic E-state index is 0.0354. The number of nitrogens with one attached hydrogen (secondary N) is 2. The van der Waals surface area contributed by atoms with Crippen molar-refractivity contribution < 1.29 is 9.90 Å². The lowest BCUT2D eigenvalue weighted by atomic mass is 10.2. The summed E-state index contributed by atoms with van der Waals surface area (Å²) < 4.78 is 0. The van der Waals surface area contributed by atoms with Crippen LogP contribution in [0.3, 0.4) is 0 Å². The first kappa shape index (κ1) is 11.5. The summed E-state index contributed by atoms with van der Waals surface area (Å²) in [7, 11) is 0. The third-order valence-corrected chi connectivity index (χ3v) is 3.22. The van der Waals surface area contributed by atoms with E-state index in [1.165, 1.54) is 0 Å². The average molecular weight is 241 g/mol. The number of nitrogens with zero attached hydrogens (tertiary/aromatic N) is 1. The number of aromatic nitrogens is 1. The average Bonchev–Trinajstić information content (AvgIpc) is 2.89. The second-order valence-corrected chi connectivity index (χ2v) is 4.59. The maximum absolute atomic E-state index is 11.6. The molecule has 1 fully saturated rings. The van der Waals surface area contributed by atoms with Crippen LogP contribution in [0.15, 0.2) is 10.9 Å². The van der Waals surface area contributed by atoms with E-state index in [1.807, 2.05) is 5.38 Å². The van der Waals surface area contributed by atoms with Gasteiger partial charge >= 0.3 is 0 Å². The normalized spacial score (nSPS) is 24.6. The number of β-amino-alcohol motifs (C(OH)–C–C–N with tert-alkyl or cyclic N) is 1. The zero-order valence-electron chi connectivity index (χ0n) is 8.85. The Morgan fingerprint density at radius 1 is 1.75 bits per heavy atom. The molecule has 2 rings (SSSR count). The summed E-state index contributed by atoms with van der Waals surface area (Å²) in [5, 5.41) is 17.1. The van der Waals surface area contributed by atoms with Crippen molar-refractivity contribution in [3.63, 3.8) is 0 Å². The smallest absolute Gasteiger partial charge is 0.237 e. The van der Waals surface area contributed by atoms with Gasteiger partial charge in [-0.15, -0.1) is 11.3 Å². The van der Waals surface area contributed by atoms with Gasteiger partial charge < -0.3 is 15.7 Å². The molecule has 0 radical (unpaired) electrons. The highest BCUT2D eigenvalue weighted by atomic mass is 32.1. The number of aliphatic hydroxyl groups is 1. The van der Waals surface area contributed by atoms with Gasteiger partial charge in [0.15, 0.2) is 0 Å². The van der Waals surface area contributed by atoms with Crippen molar-refractivity contribution >= 4 is 17.2 Å². The van der Waals surface area contributed by atoms with Crippen LogP contribution in [0.4, 0.5) is 0 Å². The molecule has 1 aliphatic heterocycles. The number of rotatable bonds is 4. The van der Waals surface area contributed by atoms with Crippen LogP contribution in [0.25, 0.3) is 0 Å². The maximum Gasteiger partial charge on any atom is 0.237 e. The van der Waals surface area contributed by atoms with Crippen LogP contribution in [0.5, 0.6) is 0 Å². The zero-order chi connectivity index (χ0) is 11.4. The lowest BCUT2D eigenvalue weighted by Gasteiger charge is -2.10. The molecule has 6 heteroatoms. The van der Waals surface area contributed by atoms with Crippen LogP contribution in [0.2, 0.25) is 0 Å². The molecule has 88 valence electrons. The maximum atomic E-state index is 11.6. The van der Waals surface area contributed by atoms with Crippen molar-refractivity contribution in [3.05, 3.63) is 16.6 Å². The Balaban J connectivity index is 1.68. The second-order valence-electron chi connectivity index (χ2n) is 3.87. The Hall–Kier alpha value is -0.980. The lowest BCUT2D eigenvalue weighted by Crippen LogP contribution is -2.41. The molecule has 1 aromatic rings. The molecule has 0 aliphatic carbocycles. The molecule has 2 unspecified atom stereocenters. The Morgan fingerprint density at radius 3 is 3.25 bits per heavy atom. The van der Waals surface area contributed by atoms with Crippen molar-refractivity contribution in [3.8, 4) is 0 Å². The third kappa shape index (κ3) is 3.01. The molecule has 0 saturated carbocycles. The Kier molecular flexibility index (Phi) is 3.87. The van der Waals surface area contributed by atoms with Gasteiger partial charge in [0.25, 0.3) is 0 Å². The molecule has 0 bridgehead atoms. The molecule has 1 aromatic heterocycles. The number of aliphatic hydroxyl groups excluding tert-OH is 1. The summed E-state index contributed by atoms with van der Waals surface area (Å²) in [6.07, 6.45) is 0.863. The highest BCUT2D eigenvalue weighted by Crippen LogP contribution is 2.06. The van der Waals surface area contributed by atoms with Crippen LogP contribution in [0, 0.1) is 0 Å². The van der Waals surface area contributed by atoms with E-state index in [9.17, 15) is 9.90 Å². The van der Waals surface area contributed by atoms with Gasteiger partial charge in [-0.05, 0) is 6.42 Å². The van der Waals surface area contributed by atoms with Crippen LogP contribution in [-0.4, -0.2) is 41.2 Å². The highest BCUT2D eigenvalue weighted by molar-refractivity contribution is 7.07. The third-order valence-electron chi connectivity index (χ3n) is 2.59. The van der Waals surface area contributed by atoms with Gasteiger partial charge in [0.05, 0.1) is 23.4 Å². The minimum Gasteiger partial charge on any atom is -0.392 e. The van der Waals surface area contributed by atoms with Crippen molar-refractivity contribution in [2.24, 2.45) is 0 Å². The largest absolute Gasteiger partial charge is 0.392 e. The van der Waals surface area contributed by atoms with Gasteiger partial charge in [-0.2, -0.15) is 0 Å². The standard InChI is InChI=1S/C10H15N3O2S/c14-8-3-9(12-4-8)10(15)11-2-1-7-5-16-6-13-7/h5-6,8-9,12,14H,1-4H2,(H,11,15). The molecule has 2 atom stereocenters.